The second kappa shape index (κ2) is 6.14. The van der Waals surface area contributed by atoms with Gasteiger partial charge in [0, 0.05) is 7.05 Å². The van der Waals surface area contributed by atoms with Crippen LogP contribution in [0.3, 0.4) is 0 Å². The lowest BCUT2D eigenvalue weighted by atomic mass is 9.91. The van der Waals surface area contributed by atoms with E-state index < -0.39 is 0 Å². The largest absolute Gasteiger partial charge is 0.493 e. The summed E-state index contributed by atoms with van der Waals surface area (Å²) in [5.41, 5.74) is 3.79. The SMILES string of the molecule is COc1cc2c(cc1OC)C(Cc1ccccc1)N(C)C=C2. The highest BCUT2D eigenvalue weighted by atomic mass is 16.5. The van der Waals surface area contributed by atoms with Crippen LogP contribution >= 0.6 is 0 Å². The highest BCUT2D eigenvalue weighted by Gasteiger charge is 2.23. The van der Waals surface area contributed by atoms with Gasteiger partial charge in [0.1, 0.15) is 0 Å². The Hall–Kier alpha value is -2.42. The molecule has 1 atom stereocenters. The second-order valence-electron chi connectivity index (χ2n) is 5.52. The van der Waals surface area contributed by atoms with Crippen molar-refractivity contribution in [2.24, 2.45) is 0 Å². The van der Waals surface area contributed by atoms with Crippen LogP contribution in [0.4, 0.5) is 0 Å². The van der Waals surface area contributed by atoms with Crippen molar-refractivity contribution in [3.05, 3.63) is 65.4 Å². The van der Waals surface area contributed by atoms with Crippen molar-refractivity contribution in [1.29, 1.82) is 0 Å². The molecule has 0 aromatic heterocycles. The summed E-state index contributed by atoms with van der Waals surface area (Å²) in [4.78, 5) is 2.25. The summed E-state index contributed by atoms with van der Waals surface area (Å²) in [6.45, 7) is 0. The van der Waals surface area contributed by atoms with Gasteiger partial charge >= 0.3 is 0 Å². The topological polar surface area (TPSA) is 21.7 Å². The molecule has 2 aromatic carbocycles. The number of ether oxygens (including phenoxy) is 2. The molecule has 114 valence electrons. The molecule has 1 aliphatic rings. The van der Waals surface area contributed by atoms with Gasteiger partial charge in [0.15, 0.2) is 11.5 Å². The van der Waals surface area contributed by atoms with E-state index in [-0.39, 0.29) is 0 Å². The van der Waals surface area contributed by atoms with Gasteiger partial charge in [-0.25, -0.2) is 0 Å². The van der Waals surface area contributed by atoms with Crippen molar-refractivity contribution >= 4 is 6.08 Å². The Morgan fingerprint density at radius 2 is 1.68 bits per heavy atom. The number of hydrogen-bond acceptors (Lipinski definition) is 3. The Morgan fingerprint density at radius 3 is 2.36 bits per heavy atom. The number of nitrogens with zero attached hydrogens (tertiary/aromatic N) is 1. The molecule has 0 amide bonds. The maximum absolute atomic E-state index is 5.47. The molecule has 0 saturated carbocycles. The van der Waals surface area contributed by atoms with Crippen molar-refractivity contribution in [3.8, 4) is 11.5 Å². The first-order valence-corrected chi connectivity index (χ1v) is 7.43. The minimum atomic E-state index is 0.294. The fourth-order valence-corrected chi connectivity index (χ4v) is 2.96. The first kappa shape index (κ1) is 14.5. The normalized spacial score (nSPS) is 16.3. The number of likely N-dealkylation sites (N-methyl/N-ethyl adjacent to an activating group) is 1. The maximum Gasteiger partial charge on any atom is 0.161 e. The van der Waals surface area contributed by atoms with Crippen molar-refractivity contribution in [3.63, 3.8) is 0 Å². The van der Waals surface area contributed by atoms with E-state index in [9.17, 15) is 0 Å². The molecule has 3 heteroatoms. The Labute approximate surface area is 131 Å². The van der Waals surface area contributed by atoms with E-state index in [1.54, 1.807) is 14.2 Å². The van der Waals surface area contributed by atoms with Gasteiger partial charge in [0.2, 0.25) is 0 Å². The molecular formula is C19H21NO2. The zero-order chi connectivity index (χ0) is 15.5. The van der Waals surface area contributed by atoms with Crippen LogP contribution in [0.15, 0.2) is 48.7 Å². The Kier molecular flexibility index (Phi) is 4.05. The summed E-state index contributed by atoms with van der Waals surface area (Å²) in [5.74, 6) is 1.55. The summed E-state index contributed by atoms with van der Waals surface area (Å²) >= 11 is 0. The van der Waals surface area contributed by atoms with Gasteiger partial charge in [-0.05, 0) is 47.5 Å². The fourth-order valence-electron chi connectivity index (χ4n) is 2.96. The second-order valence-corrected chi connectivity index (χ2v) is 5.52. The van der Waals surface area contributed by atoms with Crippen LogP contribution in [0.5, 0.6) is 11.5 Å². The van der Waals surface area contributed by atoms with E-state index in [0.29, 0.717) is 6.04 Å². The Balaban J connectivity index is 2.01. The third-order valence-electron chi connectivity index (χ3n) is 4.20. The fraction of sp³-hybridized carbons (Fsp3) is 0.263. The Bertz CT molecular complexity index is 679. The van der Waals surface area contributed by atoms with Crippen molar-refractivity contribution < 1.29 is 9.47 Å². The van der Waals surface area contributed by atoms with Gasteiger partial charge in [-0.2, -0.15) is 0 Å². The molecule has 1 unspecified atom stereocenters. The monoisotopic (exact) mass is 295 g/mol. The summed E-state index contributed by atoms with van der Waals surface area (Å²) in [6.07, 6.45) is 5.21. The molecule has 0 saturated heterocycles. The molecule has 1 heterocycles. The van der Waals surface area contributed by atoms with E-state index in [0.717, 1.165) is 17.9 Å². The van der Waals surface area contributed by atoms with Gasteiger partial charge in [0.25, 0.3) is 0 Å². The smallest absolute Gasteiger partial charge is 0.161 e. The lowest BCUT2D eigenvalue weighted by Crippen LogP contribution is -2.24. The highest BCUT2D eigenvalue weighted by Crippen LogP contribution is 2.39. The van der Waals surface area contributed by atoms with Crippen LogP contribution in [0.25, 0.3) is 6.08 Å². The van der Waals surface area contributed by atoms with Gasteiger partial charge in [-0.3, -0.25) is 0 Å². The molecular weight excluding hydrogens is 274 g/mol. The van der Waals surface area contributed by atoms with E-state index in [4.69, 9.17) is 9.47 Å². The molecule has 0 aliphatic carbocycles. The van der Waals surface area contributed by atoms with Crippen LogP contribution in [0.1, 0.15) is 22.7 Å². The van der Waals surface area contributed by atoms with Crippen LogP contribution < -0.4 is 9.47 Å². The summed E-state index contributed by atoms with van der Waals surface area (Å²) in [5, 5.41) is 0. The van der Waals surface area contributed by atoms with E-state index in [1.807, 2.05) is 0 Å². The molecule has 0 N–H and O–H groups in total. The van der Waals surface area contributed by atoms with E-state index >= 15 is 0 Å². The molecule has 3 rings (SSSR count). The van der Waals surface area contributed by atoms with E-state index in [1.165, 1.54) is 16.7 Å². The summed E-state index contributed by atoms with van der Waals surface area (Å²) < 4.78 is 10.9. The molecule has 0 bridgehead atoms. The first-order chi connectivity index (χ1) is 10.7. The van der Waals surface area contributed by atoms with Gasteiger partial charge < -0.3 is 14.4 Å². The molecule has 1 aliphatic heterocycles. The molecule has 0 spiro atoms. The van der Waals surface area contributed by atoms with Crippen molar-refractivity contribution in [2.75, 3.05) is 21.3 Å². The first-order valence-electron chi connectivity index (χ1n) is 7.43. The van der Waals surface area contributed by atoms with Crippen molar-refractivity contribution in [2.45, 2.75) is 12.5 Å². The van der Waals surface area contributed by atoms with Gasteiger partial charge in [-0.15, -0.1) is 0 Å². The third-order valence-corrected chi connectivity index (χ3v) is 4.20. The van der Waals surface area contributed by atoms with Gasteiger partial charge in [-0.1, -0.05) is 30.3 Å². The van der Waals surface area contributed by atoms with E-state index in [2.05, 4.69) is 66.7 Å². The molecule has 0 radical (unpaired) electrons. The average molecular weight is 295 g/mol. The van der Waals surface area contributed by atoms with Crippen LogP contribution in [0.2, 0.25) is 0 Å². The standard InChI is InChI=1S/C19H21NO2/c1-20-10-9-15-12-18(21-2)19(22-3)13-16(15)17(20)11-14-7-5-4-6-8-14/h4-10,12-13,17H,11H2,1-3H3. The number of methoxy groups -OCH3 is 2. The minimum Gasteiger partial charge on any atom is -0.493 e. The zero-order valence-electron chi connectivity index (χ0n) is 13.2. The lowest BCUT2D eigenvalue weighted by molar-refractivity contribution is 0.324. The Morgan fingerprint density at radius 1 is 1.00 bits per heavy atom. The summed E-state index contributed by atoms with van der Waals surface area (Å²) in [6, 6.07) is 15.0. The van der Waals surface area contributed by atoms with Crippen molar-refractivity contribution in [1.82, 2.24) is 4.90 Å². The predicted octanol–water partition coefficient (Wildman–Crippen LogP) is 3.90. The number of fused-ring (bicyclic) bond motifs is 1. The third kappa shape index (κ3) is 2.67. The molecule has 0 fully saturated rings. The number of rotatable bonds is 4. The van der Waals surface area contributed by atoms with Crippen LogP contribution in [-0.4, -0.2) is 26.2 Å². The van der Waals surface area contributed by atoms with Gasteiger partial charge in [0.05, 0.1) is 20.3 Å². The predicted molar refractivity (Wildman–Crippen MR) is 89.2 cm³/mol. The lowest BCUT2D eigenvalue weighted by Gasteiger charge is -2.32. The maximum atomic E-state index is 5.47. The summed E-state index contributed by atoms with van der Waals surface area (Å²) in [7, 11) is 5.47. The van der Waals surface area contributed by atoms with Crippen LogP contribution in [0, 0.1) is 0 Å². The average Bonchev–Trinajstić information content (AvgIpc) is 2.57. The molecule has 2 aromatic rings. The number of hydrogen-bond donors (Lipinski definition) is 0. The van der Waals surface area contributed by atoms with Crippen LogP contribution in [-0.2, 0) is 6.42 Å². The number of benzene rings is 2. The highest BCUT2D eigenvalue weighted by molar-refractivity contribution is 5.63. The quantitative estimate of drug-likeness (QED) is 0.854. The molecule has 3 nitrogen and oxygen atoms in total. The minimum absolute atomic E-state index is 0.294. The molecule has 22 heavy (non-hydrogen) atoms. The zero-order valence-corrected chi connectivity index (χ0v) is 13.2.